The maximum atomic E-state index is 13.6. The van der Waals surface area contributed by atoms with Crippen molar-refractivity contribution in [1.82, 2.24) is 14.1 Å². The topological polar surface area (TPSA) is 68.9 Å². The second-order valence-corrected chi connectivity index (χ2v) is 6.23. The summed E-state index contributed by atoms with van der Waals surface area (Å²) in [6.07, 6.45) is -3.00. The largest absolute Gasteiger partial charge is 0.419 e. The number of alkyl halides is 3. The van der Waals surface area contributed by atoms with Crippen molar-refractivity contribution in [2.24, 2.45) is 14.1 Å². The lowest BCUT2D eigenvalue weighted by atomic mass is 10.1. The van der Waals surface area contributed by atoms with Crippen LogP contribution in [0.5, 0.6) is 0 Å². The van der Waals surface area contributed by atoms with Crippen LogP contribution in [0.3, 0.4) is 0 Å². The Labute approximate surface area is 156 Å². The first-order valence-corrected chi connectivity index (χ1v) is 8.27. The van der Waals surface area contributed by atoms with Crippen LogP contribution in [-0.4, -0.2) is 14.1 Å². The van der Waals surface area contributed by atoms with E-state index in [0.29, 0.717) is 24.1 Å². The summed E-state index contributed by atoms with van der Waals surface area (Å²) in [5.74, 6) is -1.40. The normalized spacial score (nSPS) is 11.8. The average Bonchev–Trinajstić information content (AvgIpc) is 2.64. The first-order valence-electron chi connectivity index (χ1n) is 8.27. The van der Waals surface area contributed by atoms with E-state index in [-0.39, 0.29) is 22.4 Å². The van der Waals surface area contributed by atoms with E-state index in [4.69, 9.17) is 0 Å². The third-order valence-corrected chi connectivity index (χ3v) is 4.47. The van der Waals surface area contributed by atoms with Crippen molar-refractivity contribution >= 4 is 22.4 Å². The molecule has 10 heteroatoms. The molecule has 0 fully saturated rings. The summed E-state index contributed by atoms with van der Waals surface area (Å²) in [7, 11) is 2.73. The highest BCUT2D eigenvalue weighted by molar-refractivity contribution is 5.92. The Hall–Kier alpha value is -3.17. The summed E-state index contributed by atoms with van der Waals surface area (Å²) < 4.78 is 54.7. The van der Waals surface area contributed by atoms with Gasteiger partial charge in [0.25, 0.3) is 5.56 Å². The summed E-state index contributed by atoms with van der Waals surface area (Å²) in [5.41, 5.74) is -1.82. The number of hydrogen-bond acceptors (Lipinski definition) is 4. The molecule has 0 saturated heterocycles. The number of rotatable bonds is 3. The van der Waals surface area contributed by atoms with Gasteiger partial charge >= 0.3 is 11.9 Å². The van der Waals surface area contributed by atoms with Crippen LogP contribution < -0.4 is 16.6 Å². The van der Waals surface area contributed by atoms with E-state index in [1.165, 1.54) is 24.9 Å². The Bertz CT molecular complexity index is 1200. The lowest BCUT2D eigenvalue weighted by molar-refractivity contribution is -0.139. The van der Waals surface area contributed by atoms with Gasteiger partial charge < -0.3 is 5.32 Å². The first kappa shape index (κ1) is 19.6. The smallest absolute Gasteiger partial charge is 0.354 e. The van der Waals surface area contributed by atoms with Crippen LogP contribution in [0.15, 0.2) is 34.0 Å². The molecule has 2 heterocycles. The zero-order valence-corrected chi connectivity index (χ0v) is 15.2. The molecule has 0 aliphatic rings. The Kier molecular flexibility index (Phi) is 4.74. The van der Waals surface area contributed by atoms with Gasteiger partial charge in [-0.15, -0.1) is 0 Å². The number of nitrogens with one attached hydrogen (secondary N) is 1. The number of pyridine rings is 1. The maximum absolute atomic E-state index is 13.6. The van der Waals surface area contributed by atoms with Gasteiger partial charge in [-0.05, 0) is 30.2 Å². The summed E-state index contributed by atoms with van der Waals surface area (Å²) in [6, 6.07) is 2.48. The number of nitrogens with zero attached hydrogens (tertiary/aromatic N) is 3. The van der Waals surface area contributed by atoms with Crippen molar-refractivity contribution in [2.75, 3.05) is 5.32 Å². The maximum Gasteiger partial charge on any atom is 0.419 e. The molecule has 1 N–H and O–H groups in total. The number of fused-ring (bicyclic) bond motifs is 1. The third kappa shape index (κ3) is 3.14. The van der Waals surface area contributed by atoms with Gasteiger partial charge in [0.2, 0.25) is 0 Å². The van der Waals surface area contributed by atoms with Crippen LogP contribution in [0, 0.1) is 5.82 Å². The fourth-order valence-electron chi connectivity index (χ4n) is 2.94. The Morgan fingerprint density at radius 1 is 1.14 bits per heavy atom. The summed E-state index contributed by atoms with van der Waals surface area (Å²) in [4.78, 5) is 29.0. The molecular formula is C18H16F4N4O2. The van der Waals surface area contributed by atoms with Gasteiger partial charge in [0.15, 0.2) is 5.65 Å². The fourth-order valence-corrected chi connectivity index (χ4v) is 2.94. The van der Waals surface area contributed by atoms with Crippen molar-refractivity contribution in [3.05, 3.63) is 62.2 Å². The molecule has 0 unspecified atom stereocenters. The zero-order valence-electron chi connectivity index (χ0n) is 15.2. The monoisotopic (exact) mass is 396 g/mol. The molecule has 0 bridgehead atoms. The third-order valence-electron chi connectivity index (χ3n) is 4.47. The van der Waals surface area contributed by atoms with Gasteiger partial charge in [0, 0.05) is 26.0 Å². The molecule has 0 spiro atoms. The van der Waals surface area contributed by atoms with E-state index >= 15 is 0 Å². The fraction of sp³-hybridized carbons (Fsp3) is 0.278. The predicted octanol–water partition coefficient (Wildman–Crippen LogP) is 3.10. The molecular weight excluding hydrogens is 380 g/mol. The van der Waals surface area contributed by atoms with Gasteiger partial charge in [0.1, 0.15) is 11.2 Å². The Morgan fingerprint density at radius 3 is 2.43 bits per heavy atom. The van der Waals surface area contributed by atoms with Gasteiger partial charge in [-0.3, -0.25) is 13.9 Å². The molecule has 3 rings (SSSR count). The van der Waals surface area contributed by atoms with Crippen LogP contribution in [0.1, 0.15) is 18.1 Å². The quantitative estimate of drug-likeness (QED) is 0.691. The van der Waals surface area contributed by atoms with Crippen molar-refractivity contribution in [1.29, 1.82) is 0 Å². The van der Waals surface area contributed by atoms with E-state index in [1.807, 2.05) is 0 Å². The highest BCUT2D eigenvalue weighted by Crippen LogP contribution is 2.34. The number of aromatic nitrogens is 3. The molecule has 0 radical (unpaired) electrons. The molecule has 0 aliphatic carbocycles. The summed E-state index contributed by atoms with van der Waals surface area (Å²) in [6.45, 7) is 1.78. The molecule has 0 atom stereocenters. The molecule has 1 aromatic carbocycles. The Balaban J connectivity index is 2.30. The van der Waals surface area contributed by atoms with Crippen molar-refractivity contribution < 1.29 is 17.6 Å². The minimum absolute atomic E-state index is 0.0492. The van der Waals surface area contributed by atoms with Crippen molar-refractivity contribution in [3.8, 4) is 0 Å². The Morgan fingerprint density at radius 2 is 1.82 bits per heavy atom. The number of aryl methyl sites for hydroxylation is 2. The van der Waals surface area contributed by atoms with E-state index in [9.17, 15) is 27.2 Å². The molecule has 148 valence electrons. The standard InChI is InChI=1S/C18H16F4N4O2/c1-4-9-8-23-15-13(16(27)26(3)17(28)25(15)2)14(9)24-10-5-6-12(19)11(7-10)18(20,21)22/h5-8H,4H2,1-3H3,(H,23,24). The molecule has 3 aromatic rings. The number of anilines is 2. The highest BCUT2D eigenvalue weighted by atomic mass is 19.4. The number of hydrogen-bond donors (Lipinski definition) is 1. The minimum Gasteiger partial charge on any atom is -0.354 e. The SMILES string of the molecule is CCc1cnc2c(c1Nc1ccc(F)c(C(F)(F)F)c1)c(=O)n(C)c(=O)n2C. The minimum atomic E-state index is -4.87. The van der Waals surface area contributed by atoms with Crippen LogP contribution in [-0.2, 0) is 26.7 Å². The van der Waals surface area contributed by atoms with E-state index in [2.05, 4.69) is 10.3 Å². The second-order valence-electron chi connectivity index (χ2n) is 6.23. The van der Waals surface area contributed by atoms with E-state index in [0.717, 1.165) is 10.6 Å². The molecule has 6 nitrogen and oxygen atoms in total. The van der Waals surface area contributed by atoms with Gasteiger partial charge in [0.05, 0.1) is 11.3 Å². The highest BCUT2D eigenvalue weighted by Gasteiger charge is 2.34. The van der Waals surface area contributed by atoms with E-state index in [1.54, 1.807) is 6.92 Å². The second kappa shape index (κ2) is 6.77. The van der Waals surface area contributed by atoms with Crippen molar-refractivity contribution in [2.45, 2.75) is 19.5 Å². The van der Waals surface area contributed by atoms with Crippen molar-refractivity contribution in [3.63, 3.8) is 0 Å². The number of benzene rings is 1. The van der Waals surface area contributed by atoms with Gasteiger partial charge in [-0.25, -0.2) is 14.2 Å². The van der Waals surface area contributed by atoms with E-state index < -0.39 is 28.8 Å². The zero-order chi connectivity index (χ0) is 20.8. The molecule has 0 aliphatic heterocycles. The first-order chi connectivity index (χ1) is 13.1. The van der Waals surface area contributed by atoms with Gasteiger partial charge in [-0.2, -0.15) is 13.2 Å². The average molecular weight is 396 g/mol. The van der Waals surface area contributed by atoms with Gasteiger partial charge in [-0.1, -0.05) is 6.92 Å². The number of halogens is 4. The van der Waals surface area contributed by atoms with Crippen LogP contribution >= 0.6 is 0 Å². The lowest BCUT2D eigenvalue weighted by Gasteiger charge is -2.17. The summed E-state index contributed by atoms with van der Waals surface area (Å²) in [5, 5.41) is 2.84. The molecule has 0 saturated carbocycles. The summed E-state index contributed by atoms with van der Waals surface area (Å²) >= 11 is 0. The molecule has 2 aromatic heterocycles. The predicted molar refractivity (Wildman–Crippen MR) is 96.3 cm³/mol. The molecule has 28 heavy (non-hydrogen) atoms. The molecule has 0 amide bonds. The lowest BCUT2D eigenvalue weighted by Crippen LogP contribution is -2.37. The van der Waals surface area contributed by atoms with Crippen LogP contribution in [0.4, 0.5) is 28.9 Å². The van der Waals surface area contributed by atoms with Crippen LogP contribution in [0.2, 0.25) is 0 Å². The van der Waals surface area contributed by atoms with Crippen LogP contribution in [0.25, 0.3) is 11.0 Å².